The highest BCUT2D eigenvalue weighted by Crippen LogP contribution is 2.40. The summed E-state index contributed by atoms with van der Waals surface area (Å²) in [6.45, 7) is 5.72. The molecule has 1 unspecified atom stereocenters. The molecule has 1 aliphatic carbocycles. The van der Waals surface area contributed by atoms with Crippen LogP contribution >= 0.6 is 0 Å². The van der Waals surface area contributed by atoms with E-state index in [1.54, 1.807) is 6.08 Å². The third kappa shape index (κ3) is 4.69. The van der Waals surface area contributed by atoms with Gasteiger partial charge in [0.25, 0.3) is 0 Å². The summed E-state index contributed by atoms with van der Waals surface area (Å²) >= 11 is 0. The summed E-state index contributed by atoms with van der Waals surface area (Å²) in [6, 6.07) is 6.91. The SMILES string of the molecule is C=CCOCC(NC(=O)C1(c2cccc(C)c2)CCCCC1)C(=O)O. The molecule has 0 aliphatic heterocycles. The lowest BCUT2D eigenvalue weighted by Gasteiger charge is -2.37. The molecule has 1 aliphatic rings. The zero-order valence-corrected chi connectivity index (χ0v) is 14.8. The predicted octanol–water partition coefficient (Wildman–Crippen LogP) is 2.97. The third-order valence-corrected chi connectivity index (χ3v) is 4.84. The second-order valence-electron chi connectivity index (χ2n) is 6.70. The Labute approximate surface area is 149 Å². The first-order valence-corrected chi connectivity index (χ1v) is 8.79. The Morgan fingerprint density at radius 2 is 2.08 bits per heavy atom. The molecule has 1 aromatic carbocycles. The number of amides is 1. The fraction of sp³-hybridized carbons (Fsp3) is 0.500. The number of hydrogen-bond acceptors (Lipinski definition) is 3. The fourth-order valence-corrected chi connectivity index (χ4v) is 3.49. The summed E-state index contributed by atoms with van der Waals surface area (Å²) in [5, 5.41) is 12.1. The van der Waals surface area contributed by atoms with Gasteiger partial charge in [0.15, 0.2) is 6.04 Å². The maximum Gasteiger partial charge on any atom is 0.328 e. The van der Waals surface area contributed by atoms with Gasteiger partial charge in [0.05, 0.1) is 18.6 Å². The van der Waals surface area contributed by atoms with Crippen LogP contribution in [0.1, 0.15) is 43.2 Å². The number of carbonyl (C=O) groups is 2. The van der Waals surface area contributed by atoms with Gasteiger partial charge in [0.2, 0.25) is 5.91 Å². The van der Waals surface area contributed by atoms with E-state index in [2.05, 4.69) is 11.9 Å². The second-order valence-corrected chi connectivity index (χ2v) is 6.70. The highest BCUT2D eigenvalue weighted by atomic mass is 16.5. The predicted molar refractivity (Wildman–Crippen MR) is 96.5 cm³/mol. The smallest absolute Gasteiger partial charge is 0.328 e. The minimum atomic E-state index is -1.09. The number of rotatable bonds is 8. The van der Waals surface area contributed by atoms with Crippen molar-refractivity contribution in [2.75, 3.05) is 13.2 Å². The van der Waals surface area contributed by atoms with Crippen molar-refractivity contribution in [1.82, 2.24) is 5.32 Å². The van der Waals surface area contributed by atoms with Crippen LogP contribution in [0.3, 0.4) is 0 Å². The number of carboxylic acid groups (broad SMARTS) is 1. The lowest BCUT2D eigenvalue weighted by molar-refractivity contribution is -0.144. The highest BCUT2D eigenvalue weighted by molar-refractivity contribution is 5.91. The zero-order valence-electron chi connectivity index (χ0n) is 14.8. The number of benzene rings is 1. The van der Waals surface area contributed by atoms with Gasteiger partial charge in [-0.2, -0.15) is 0 Å². The lowest BCUT2D eigenvalue weighted by atomic mass is 9.68. The van der Waals surface area contributed by atoms with E-state index in [9.17, 15) is 14.7 Å². The van der Waals surface area contributed by atoms with Crippen molar-refractivity contribution < 1.29 is 19.4 Å². The number of nitrogens with one attached hydrogen (secondary N) is 1. The van der Waals surface area contributed by atoms with Gasteiger partial charge in [-0.15, -0.1) is 6.58 Å². The lowest BCUT2D eigenvalue weighted by Crippen LogP contribution is -2.53. The Bertz CT molecular complexity index is 620. The number of carbonyl (C=O) groups excluding carboxylic acids is 1. The third-order valence-electron chi connectivity index (χ3n) is 4.84. The molecule has 2 rings (SSSR count). The molecule has 0 aromatic heterocycles. The molecule has 0 saturated heterocycles. The first-order chi connectivity index (χ1) is 12.0. The minimum absolute atomic E-state index is 0.0724. The van der Waals surface area contributed by atoms with E-state index in [0.29, 0.717) is 0 Å². The summed E-state index contributed by atoms with van der Waals surface area (Å²) in [6.07, 6.45) is 6.06. The molecule has 0 heterocycles. The van der Waals surface area contributed by atoms with Crippen molar-refractivity contribution in [3.63, 3.8) is 0 Å². The Balaban J connectivity index is 2.23. The van der Waals surface area contributed by atoms with Gasteiger partial charge < -0.3 is 15.2 Å². The van der Waals surface area contributed by atoms with Crippen LogP contribution in [-0.4, -0.2) is 36.2 Å². The Kier molecular flexibility index (Phi) is 6.76. The van der Waals surface area contributed by atoms with Crippen LogP contribution < -0.4 is 5.32 Å². The number of carboxylic acids is 1. The van der Waals surface area contributed by atoms with E-state index in [1.807, 2.05) is 31.2 Å². The summed E-state index contributed by atoms with van der Waals surface area (Å²) < 4.78 is 5.24. The molecule has 136 valence electrons. The van der Waals surface area contributed by atoms with Crippen molar-refractivity contribution in [1.29, 1.82) is 0 Å². The van der Waals surface area contributed by atoms with E-state index >= 15 is 0 Å². The Morgan fingerprint density at radius 1 is 1.36 bits per heavy atom. The molecular formula is C20H27NO4. The first kappa shape index (κ1) is 19.2. The van der Waals surface area contributed by atoms with Gasteiger partial charge in [0.1, 0.15) is 0 Å². The largest absolute Gasteiger partial charge is 0.480 e. The molecule has 2 N–H and O–H groups in total. The second kappa shape index (κ2) is 8.81. The van der Waals surface area contributed by atoms with Crippen molar-refractivity contribution in [2.24, 2.45) is 0 Å². The zero-order chi connectivity index (χ0) is 18.3. The average molecular weight is 345 g/mol. The quantitative estimate of drug-likeness (QED) is 0.561. The number of hydrogen-bond donors (Lipinski definition) is 2. The van der Waals surface area contributed by atoms with E-state index < -0.39 is 17.4 Å². The molecule has 5 nitrogen and oxygen atoms in total. The number of aryl methyl sites for hydroxylation is 1. The molecule has 25 heavy (non-hydrogen) atoms. The van der Waals surface area contributed by atoms with Gasteiger partial charge in [0, 0.05) is 0 Å². The summed E-state index contributed by atoms with van der Waals surface area (Å²) in [7, 11) is 0. The van der Waals surface area contributed by atoms with Crippen molar-refractivity contribution in [3.8, 4) is 0 Å². The van der Waals surface area contributed by atoms with Crippen molar-refractivity contribution in [2.45, 2.75) is 50.5 Å². The molecular weight excluding hydrogens is 318 g/mol. The molecule has 1 aromatic rings. The summed E-state index contributed by atoms with van der Waals surface area (Å²) in [5.74, 6) is -1.31. The van der Waals surface area contributed by atoms with Gasteiger partial charge in [-0.3, -0.25) is 4.79 Å². The molecule has 5 heteroatoms. The maximum absolute atomic E-state index is 13.1. The van der Waals surface area contributed by atoms with Gasteiger partial charge in [-0.25, -0.2) is 4.79 Å². The van der Waals surface area contributed by atoms with Crippen molar-refractivity contribution in [3.05, 3.63) is 48.0 Å². The monoisotopic (exact) mass is 345 g/mol. The molecule has 1 saturated carbocycles. The van der Waals surface area contributed by atoms with E-state index in [0.717, 1.165) is 43.2 Å². The van der Waals surface area contributed by atoms with Crippen LogP contribution in [0.2, 0.25) is 0 Å². The molecule has 0 bridgehead atoms. The topological polar surface area (TPSA) is 75.6 Å². The standard InChI is InChI=1S/C20H27NO4/c1-3-12-25-14-17(18(22)23)21-19(24)20(10-5-4-6-11-20)16-9-7-8-15(2)13-16/h3,7-9,13,17H,1,4-6,10-12,14H2,2H3,(H,21,24)(H,22,23). The molecule has 1 fully saturated rings. The van der Waals surface area contributed by atoms with E-state index in [-0.39, 0.29) is 19.1 Å². The van der Waals surface area contributed by atoms with Crippen LogP contribution in [-0.2, 0) is 19.7 Å². The summed E-state index contributed by atoms with van der Waals surface area (Å²) in [4.78, 5) is 24.6. The molecule has 0 spiro atoms. The maximum atomic E-state index is 13.1. The number of aliphatic carboxylic acids is 1. The number of ether oxygens (including phenoxy) is 1. The average Bonchev–Trinajstić information content (AvgIpc) is 2.61. The molecule has 1 amide bonds. The fourth-order valence-electron chi connectivity index (χ4n) is 3.49. The van der Waals surface area contributed by atoms with Gasteiger partial charge in [-0.05, 0) is 25.3 Å². The van der Waals surface area contributed by atoms with Crippen LogP contribution in [0.25, 0.3) is 0 Å². The Hall–Kier alpha value is -2.14. The Morgan fingerprint density at radius 3 is 2.68 bits per heavy atom. The van der Waals surface area contributed by atoms with Crippen LogP contribution in [0.5, 0.6) is 0 Å². The van der Waals surface area contributed by atoms with Gasteiger partial charge >= 0.3 is 5.97 Å². The van der Waals surface area contributed by atoms with Crippen molar-refractivity contribution >= 4 is 11.9 Å². The van der Waals surface area contributed by atoms with Crippen LogP contribution in [0.4, 0.5) is 0 Å². The summed E-state index contributed by atoms with van der Waals surface area (Å²) in [5.41, 5.74) is 1.41. The molecule has 0 radical (unpaired) electrons. The first-order valence-electron chi connectivity index (χ1n) is 8.79. The van der Waals surface area contributed by atoms with E-state index in [1.165, 1.54) is 0 Å². The van der Waals surface area contributed by atoms with Crippen LogP contribution in [0.15, 0.2) is 36.9 Å². The van der Waals surface area contributed by atoms with E-state index in [4.69, 9.17) is 4.74 Å². The molecule has 1 atom stereocenters. The highest BCUT2D eigenvalue weighted by Gasteiger charge is 2.42. The minimum Gasteiger partial charge on any atom is -0.480 e. The van der Waals surface area contributed by atoms with Gasteiger partial charge in [-0.1, -0.05) is 55.2 Å². The normalized spacial score (nSPS) is 17.5. The van der Waals surface area contributed by atoms with Crippen LogP contribution in [0, 0.1) is 6.92 Å².